The molecule has 0 aromatic carbocycles. The average molecular weight is 408 g/mol. The fourth-order valence-corrected chi connectivity index (χ4v) is 3.93. The van der Waals surface area contributed by atoms with E-state index in [1.807, 2.05) is 0 Å². The minimum absolute atomic E-state index is 0.152. The molecule has 0 aromatic rings. The Labute approximate surface area is 137 Å². The van der Waals surface area contributed by atoms with Gasteiger partial charge in [0.1, 0.15) is 5.38 Å². The molecule has 0 aromatic heterocycles. The van der Waals surface area contributed by atoms with Crippen LogP contribution in [0.2, 0.25) is 0 Å². The third kappa shape index (κ3) is 2.04. The van der Waals surface area contributed by atoms with Crippen LogP contribution in [0.1, 0.15) is 0 Å². The summed E-state index contributed by atoms with van der Waals surface area (Å²) in [6, 6.07) is 0. The molecule has 2 unspecified atom stereocenters. The number of hydrogen-bond donors (Lipinski definition) is 0. The second kappa shape index (κ2) is 5.01. The van der Waals surface area contributed by atoms with E-state index in [0.717, 1.165) is 0 Å². The first-order chi connectivity index (χ1) is 7.04. The molecule has 1 aliphatic carbocycles. The number of allylic oxidation sites excluding steroid dienone is 1. The van der Waals surface area contributed by atoms with Gasteiger partial charge in [-0.25, -0.2) is 4.29 Å². The zero-order valence-corrected chi connectivity index (χ0v) is 13.7. The van der Waals surface area contributed by atoms with Gasteiger partial charge in [-0.3, -0.25) is 0 Å². The van der Waals surface area contributed by atoms with Crippen LogP contribution < -0.4 is 0 Å². The van der Waals surface area contributed by atoms with Crippen molar-refractivity contribution in [1.29, 1.82) is 0 Å². The van der Waals surface area contributed by atoms with Crippen LogP contribution in [0.3, 0.4) is 0 Å². The first-order valence-electron chi connectivity index (χ1n) is 3.48. The maximum absolute atomic E-state index is 5.93. The zero-order valence-electron chi connectivity index (χ0n) is 6.89. The predicted molar refractivity (Wildman–Crippen MR) is 72.8 cm³/mol. The van der Waals surface area contributed by atoms with Crippen molar-refractivity contribution in [3.8, 4) is 0 Å². The van der Waals surface area contributed by atoms with E-state index in [4.69, 9.17) is 105 Å². The fourth-order valence-electron chi connectivity index (χ4n) is 1.02. The van der Waals surface area contributed by atoms with Crippen molar-refractivity contribution < 1.29 is 4.29 Å². The zero-order chi connectivity index (χ0) is 12.9. The lowest BCUT2D eigenvalue weighted by Gasteiger charge is -2.47. The highest BCUT2D eigenvalue weighted by atomic mass is 35.5. The second-order valence-electron chi connectivity index (χ2n) is 2.89. The van der Waals surface area contributed by atoms with Crippen LogP contribution in [0.5, 0.6) is 0 Å². The third-order valence-corrected chi connectivity index (χ3v) is 7.48. The molecule has 1 aliphatic rings. The van der Waals surface area contributed by atoms with E-state index in [2.05, 4.69) is 4.29 Å². The molecular weight excluding hydrogens is 407 g/mol. The lowest BCUT2D eigenvalue weighted by Crippen LogP contribution is -2.60. The third-order valence-electron chi connectivity index (χ3n) is 1.96. The van der Waals surface area contributed by atoms with Crippen molar-refractivity contribution in [3.05, 3.63) is 10.1 Å². The van der Waals surface area contributed by atoms with E-state index >= 15 is 0 Å². The summed E-state index contributed by atoms with van der Waals surface area (Å²) in [5.41, 5.74) is 0. The van der Waals surface area contributed by atoms with Crippen molar-refractivity contribution in [1.82, 2.24) is 0 Å². The van der Waals surface area contributed by atoms with Gasteiger partial charge in [-0.15, -0.1) is 11.6 Å². The van der Waals surface area contributed by atoms with E-state index in [1.54, 1.807) is 0 Å². The number of alkyl halides is 6. The average Bonchev–Trinajstić information content (AvgIpc) is 2.22. The number of hydrogen-bond acceptors (Lipinski definition) is 1. The summed E-state index contributed by atoms with van der Waals surface area (Å²) in [4.78, 5) is 0. The summed E-state index contributed by atoms with van der Waals surface area (Å²) in [6.45, 7) is 0. The molecule has 0 spiro atoms. The molecule has 0 amide bonds. The van der Waals surface area contributed by atoms with Gasteiger partial charge >= 0.3 is 0 Å². The molecule has 1 nitrogen and oxygen atoms in total. The Kier molecular flexibility index (Phi) is 5.13. The number of halogens is 9. The van der Waals surface area contributed by atoms with Crippen LogP contribution in [0.4, 0.5) is 0 Å². The Bertz CT molecular complexity index is 337. The molecule has 1 rings (SSSR count). The Balaban J connectivity index is 3.52. The Morgan fingerprint density at radius 2 is 1.44 bits per heavy atom. The van der Waals surface area contributed by atoms with E-state index in [1.165, 1.54) is 0 Å². The summed E-state index contributed by atoms with van der Waals surface area (Å²) < 4.78 is 0.361. The molecule has 0 bridgehead atoms. The highest BCUT2D eigenvalue weighted by molar-refractivity contribution is 6.69. The summed E-state index contributed by atoms with van der Waals surface area (Å²) in [5, 5.41) is -3.71. The molecule has 0 heterocycles. The molecule has 2 atom stereocenters. The summed E-state index contributed by atoms with van der Waals surface area (Å²) >= 11 is 52.3. The first-order valence-corrected chi connectivity index (χ1v) is 6.87. The van der Waals surface area contributed by atoms with E-state index in [9.17, 15) is 0 Å². The number of rotatable bonds is 1. The van der Waals surface area contributed by atoms with Crippen LogP contribution in [-0.4, -0.2) is 19.1 Å². The molecule has 0 radical (unpaired) electrons. The molecule has 0 aliphatic heterocycles. The van der Waals surface area contributed by atoms with Crippen molar-refractivity contribution >= 4 is 105 Å². The maximum Gasteiger partial charge on any atom is 0.234 e. The van der Waals surface area contributed by atoms with Crippen LogP contribution in [0, 0.1) is 0 Å². The van der Waals surface area contributed by atoms with Gasteiger partial charge in [-0.1, -0.05) is 81.2 Å². The summed E-state index contributed by atoms with van der Waals surface area (Å²) in [6.07, 6.45) is 0. The van der Waals surface area contributed by atoms with Gasteiger partial charge < -0.3 is 0 Å². The van der Waals surface area contributed by atoms with Gasteiger partial charge in [0.15, 0.2) is 4.33 Å². The maximum atomic E-state index is 5.93. The molecule has 0 saturated carbocycles. The summed E-state index contributed by atoms with van der Waals surface area (Å²) in [7, 11) is 0. The monoisotopic (exact) mass is 404 g/mol. The molecule has 0 saturated heterocycles. The SMILES string of the molecule is ClOC1(Cl)C(Cl)=C(Cl)C(Cl)C(Cl)(Cl)C1(Cl)Cl. The van der Waals surface area contributed by atoms with E-state index in [-0.39, 0.29) is 10.1 Å². The minimum atomic E-state index is -2.12. The van der Waals surface area contributed by atoms with Gasteiger partial charge in [0, 0.05) is 0 Å². The lowest BCUT2D eigenvalue weighted by atomic mass is 10.0. The van der Waals surface area contributed by atoms with Crippen LogP contribution in [-0.2, 0) is 4.29 Å². The van der Waals surface area contributed by atoms with Crippen molar-refractivity contribution in [2.75, 3.05) is 0 Å². The molecular formula is C6HCl9O. The Morgan fingerprint density at radius 1 is 1.00 bits per heavy atom. The quantitative estimate of drug-likeness (QED) is 0.502. The van der Waals surface area contributed by atoms with E-state index < -0.39 is 19.1 Å². The smallest absolute Gasteiger partial charge is 0.234 e. The van der Waals surface area contributed by atoms with Gasteiger partial charge in [-0.2, -0.15) is 0 Å². The normalized spacial score (nSPS) is 37.7. The molecule has 16 heavy (non-hydrogen) atoms. The largest absolute Gasteiger partial charge is 0.247 e. The van der Waals surface area contributed by atoms with Gasteiger partial charge in [-0.05, 0) is 0 Å². The predicted octanol–water partition coefficient (Wildman–Crippen LogP) is 5.75. The van der Waals surface area contributed by atoms with Crippen LogP contribution in [0.25, 0.3) is 0 Å². The molecule has 0 N–H and O–H groups in total. The van der Waals surface area contributed by atoms with E-state index in [0.29, 0.717) is 0 Å². The van der Waals surface area contributed by atoms with Crippen molar-refractivity contribution in [2.45, 2.75) is 19.1 Å². The van der Waals surface area contributed by atoms with Crippen LogP contribution >= 0.6 is 105 Å². The standard InChI is InChI=1S/C6HCl9O/c7-1-2(8)4(10,11)6(13,14)5(12,16-15)3(1)9/h2H. The summed E-state index contributed by atoms with van der Waals surface area (Å²) in [5.74, 6) is 0. The second-order valence-corrected chi connectivity index (χ2v) is 7.52. The lowest BCUT2D eigenvalue weighted by molar-refractivity contribution is 0.186. The van der Waals surface area contributed by atoms with Crippen molar-refractivity contribution in [2.24, 2.45) is 0 Å². The van der Waals surface area contributed by atoms with Gasteiger partial charge in [0.25, 0.3) is 0 Å². The highest BCUT2D eigenvalue weighted by Gasteiger charge is 2.70. The van der Waals surface area contributed by atoms with Crippen LogP contribution in [0.15, 0.2) is 10.1 Å². The molecule has 0 fully saturated rings. The minimum Gasteiger partial charge on any atom is -0.247 e. The van der Waals surface area contributed by atoms with Gasteiger partial charge in [0.2, 0.25) is 9.39 Å². The Morgan fingerprint density at radius 3 is 1.81 bits per heavy atom. The topological polar surface area (TPSA) is 9.23 Å². The highest BCUT2D eigenvalue weighted by Crippen LogP contribution is 2.64. The van der Waals surface area contributed by atoms with Crippen molar-refractivity contribution in [3.63, 3.8) is 0 Å². The first kappa shape index (κ1) is 16.4. The Hall–Kier alpha value is 2.31. The van der Waals surface area contributed by atoms with Gasteiger partial charge in [0.05, 0.1) is 21.9 Å². The molecule has 94 valence electrons. The molecule has 10 heteroatoms. The fraction of sp³-hybridized carbons (Fsp3) is 0.667.